The van der Waals surface area contributed by atoms with Gasteiger partial charge >= 0.3 is 0 Å². The second-order valence-electron chi connectivity index (χ2n) is 7.23. The Hall–Kier alpha value is -2.21. The molecular weight excluding hydrogens is 360 g/mol. The lowest BCUT2D eigenvalue weighted by Gasteiger charge is -2.28. The van der Waals surface area contributed by atoms with Gasteiger partial charge in [0.15, 0.2) is 0 Å². The van der Waals surface area contributed by atoms with Crippen molar-refractivity contribution in [3.8, 4) is 5.75 Å². The van der Waals surface area contributed by atoms with E-state index in [9.17, 15) is 14.7 Å². The topological polar surface area (TPSA) is 69.6 Å². The van der Waals surface area contributed by atoms with Crippen LogP contribution in [0.4, 0.5) is 0 Å². The Kier molecular flexibility index (Phi) is 5.25. The lowest BCUT2D eigenvalue weighted by molar-refractivity contribution is -0.125. The second-order valence-corrected chi connectivity index (χ2v) is 8.46. The van der Waals surface area contributed by atoms with Crippen LogP contribution in [0.5, 0.6) is 5.75 Å². The summed E-state index contributed by atoms with van der Waals surface area (Å²) in [5.41, 5.74) is 0.266. The van der Waals surface area contributed by atoms with Gasteiger partial charge in [0.25, 0.3) is 5.91 Å². The van der Waals surface area contributed by atoms with Gasteiger partial charge in [-0.3, -0.25) is 9.59 Å². The standard InChI is InChI=1S/C21H24N2O3S/c24-19-16-5-2-1-4-14(16)7-8-17(19)21(26)23-11-3-6-18(23)20(25)22-15-9-12-27-13-10-15/h1-2,4-5,7-8,15,18,24H,3,6,9-13H2,(H,22,25). The normalized spacial score (nSPS) is 20.7. The number of carbonyl (C=O) groups excluding carboxylic acids is 2. The van der Waals surface area contributed by atoms with E-state index in [-0.39, 0.29) is 29.2 Å². The van der Waals surface area contributed by atoms with E-state index in [1.54, 1.807) is 17.0 Å². The van der Waals surface area contributed by atoms with Crippen LogP contribution in [0, 0.1) is 0 Å². The second kappa shape index (κ2) is 7.80. The number of thioether (sulfide) groups is 1. The van der Waals surface area contributed by atoms with E-state index >= 15 is 0 Å². The fourth-order valence-corrected chi connectivity index (χ4v) is 5.11. The Morgan fingerprint density at radius 1 is 1.07 bits per heavy atom. The van der Waals surface area contributed by atoms with Crippen molar-refractivity contribution in [1.29, 1.82) is 0 Å². The van der Waals surface area contributed by atoms with Crippen LogP contribution in [0.3, 0.4) is 0 Å². The van der Waals surface area contributed by atoms with Crippen LogP contribution in [-0.4, -0.2) is 52.0 Å². The van der Waals surface area contributed by atoms with Gasteiger partial charge in [0.2, 0.25) is 5.91 Å². The SMILES string of the molecule is O=C(NC1CCSCC1)C1CCCN1C(=O)c1ccc2ccccc2c1O. The number of amides is 2. The number of rotatable bonds is 3. The van der Waals surface area contributed by atoms with E-state index < -0.39 is 6.04 Å². The zero-order valence-electron chi connectivity index (χ0n) is 15.2. The van der Waals surface area contributed by atoms with E-state index in [1.165, 1.54) is 0 Å². The summed E-state index contributed by atoms with van der Waals surface area (Å²) in [6, 6.07) is 10.7. The fraction of sp³-hybridized carbons (Fsp3) is 0.429. The minimum atomic E-state index is -0.446. The molecule has 2 heterocycles. The molecule has 2 saturated heterocycles. The Morgan fingerprint density at radius 3 is 2.67 bits per heavy atom. The van der Waals surface area contributed by atoms with Gasteiger partial charge in [0.05, 0.1) is 5.56 Å². The van der Waals surface area contributed by atoms with Gasteiger partial charge in [0, 0.05) is 18.0 Å². The van der Waals surface area contributed by atoms with Gasteiger partial charge < -0.3 is 15.3 Å². The number of likely N-dealkylation sites (tertiary alicyclic amines) is 1. The number of phenols is 1. The summed E-state index contributed by atoms with van der Waals surface area (Å²) in [7, 11) is 0. The molecule has 0 radical (unpaired) electrons. The third-order valence-electron chi connectivity index (χ3n) is 5.51. The minimum absolute atomic E-state index is 0.00605. The first-order chi connectivity index (χ1) is 13.1. The summed E-state index contributed by atoms with van der Waals surface area (Å²) >= 11 is 1.92. The first-order valence-electron chi connectivity index (χ1n) is 9.55. The van der Waals surface area contributed by atoms with Crippen LogP contribution in [0.2, 0.25) is 0 Å². The van der Waals surface area contributed by atoms with Crippen LogP contribution in [0.25, 0.3) is 10.8 Å². The molecule has 2 aliphatic rings. The zero-order valence-corrected chi connectivity index (χ0v) is 16.0. The maximum atomic E-state index is 13.1. The number of hydrogen-bond donors (Lipinski definition) is 2. The smallest absolute Gasteiger partial charge is 0.258 e. The molecular formula is C21H24N2O3S. The first-order valence-corrected chi connectivity index (χ1v) is 10.7. The molecule has 27 heavy (non-hydrogen) atoms. The molecule has 0 aliphatic carbocycles. The molecule has 2 N–H and O–H groups in total. The quantitative estimate of drug-likeness (QED) is 0.853. The number of aromatic hydroxyl groups is 1. The molecule has 2 amide bonds. The molecule has 6 heteroatoms. The number of fused-ring (bicyclic) bond motifs is 1. The van der Waals surface area contributed by atoms with Crippen LogP contribution in [0.1, 0.15) is 36.0 Å². The average Bonchev–Trinajstić information content (AvgIpc) is 3.19. The summed E-state index contributed by atoms with van der Waals surface area (Å²) in [5.74, 6) is 1.81. The molecule has 0 aromatic heterocycles. The third-order valence-corrected chi connectivity index (χ3v) is 6.56. The highest BCUT2D eigenvalue weighted by Crippen LogP contribution is 2.31. The molecule has 5 nitrogen and oxygen atoms in total. The Balaban J connectivity index is 1.54. The number of carbonyl (C=O) groups is 2. The molecule has 2 fully saturated rings. The highest BCUT2D eigenvalue weighted by molar-refractivity contribution is 7.99. The van der Waals surface area contributed by atoms with Crippen molar-refractivity contribution in [2.45, 2.75) is 37.8 Å². The Bertz CT molecular complexity index is 864. The molecule has 1 atom stereocenters. The molecule has 0 saturated carbocycles. The van der Waals surface area contributed by atoms with E-state index in [4.69, 9.17) is 0 Å². The molecule has 0 spiro atoms. The van der Waals surface area contributed by atoms with Crippen molar-refractivity contribution in [2.24, 2.45) is 0 Å². The highest BCUT2D eigenvalue weighted by atomic mass is 32.2. The van der Waals surface area contributed by atoms with E-state index in [1.807, 2.05) is 36.0 Å². The third kappa shape index (κ3) is 3.63. The fourth-order valence-electron chi connectivity index (χ4n) is 4.00. The van der Waals surface area contributed by atoms with Crippen LogP contribution < -0.4 is 5.32 Å². The van der Waals surface area contributed by atoms with Crippen molar-refractivity contribution in [3.05, 3.63) is 42.0 Å². The lowest BCUT2D eigenvalue weighted by Crippen LogP contribution is -2.49. The number of hydrogen-bond acceptors (Lipinski definition) is 4. The predicted octanol–water partition coefficient (Wildman–Crippen LogP) is 3.16. The first kappa shape index (κ1) is 18.2. The molecule has 2 aliphatic heterocycles. The van der Waals surface area contributed by atoms with Crippen molar-refractivity contribution in [1.82, 2.24) is 10.2 Å². The summed E-state index contributed by atoms with van der Waals surface area (Å²) in [5, 5.41) is 15.3. The van der Waals surface area contributed by atoms with Gasteiger partial charge in [-0.2, -0.15) is 11.8 Å². The monoisotopic (exact) mass is 384 g/mol. The predicted molar refractivity (Wildman–Crippen MR) is 108 cm³/mol. The molecule has 2 aromatic carbocycles. The number of nitrogens with zero attached hydrogens (tertiary/aromatic N) is 1. The van der Waals surface area contributed by atoms with Gasteiger partial charge in [-0.1, -0.05) is 30.3 Å². The molecule has 4 rings (SSSR count). The van der Waals surface area contributed by atoms with Crippen molar-refractivity contribution >= 4 is 34.3 Å². The average molecular weight is 385 g/mol. The largest absolute Gasteiger partial charge is 0.506 e. The minimum Gasteiger partial charge on any atom is -0.506 e. The van der Waals surface area contributed by atoms with Crippen LogP contribution in [0.15, 0.2) is 36.4 Å². The zero-order chi connectivity index (χ0) is 18.8. The Labute approximate surface area is 163 Å². The molecule has 0 bridgehead atoms. The van der Waals surface area contributed by atoms with Crippen LogP contribution in [-0.2, 0) is 4.79 Å². The van der Waals surface area contributed by atoms with E-state index in [2.05, 4.69) is 5.32 Å². The summed E-state index contributed by atoms with van der Waals surface area (Å²) in [4.78, 5) is 27.5. The van der Waals surface area contributed by atoms with Gasteiger partial charge in [0.1, 0.15) is 11.8 Å². The number of nitrogens with one attached hydrogen (secondary N) is 1. The van der Waals surface area contributed by atoms with Gasteiger partial charge in [-0.15, -0.1) is 0 Å². The maximum absolute atomic E-state index is 13.1. The van der Waals surface area contributed by atoms with Crippen LogP contribution >= 0.6 is 11.8 Å². The van der Waals surface area contributed by atoms with E-state index in [0.29, 0.717) is 18.4 Å². The molecule has 1 unspecified atom stereocenters. The van der Waals surface area contributed by atoms with Gasteiger partial charge in [-0.25, -0.2) is 0 Å². The van der Waals surface area contributed by atoms with Crippen molar-refractivity contribution in [2.75, 3.05) is 18.1 Å². The summed E-state index contributed by atoms with van der Waals surface area (Å²) < 4.78 is 0. The highest BCUT2D eigenvalue weighted by Gasteiger charge is 2.36. The van der Waals surface area contributed by atoms with Gasteiger partial charge in [-0.05, 0) is 48.6 Å². The Morgan fingerprint density at radius 2 is 1.85 bits per heavy atom. The van der Waals surface area contributed by atoms with Crippen molar-refractivity contribution in [3.63, 3.8) is 0 Å². The summed E-state index contributed by atoms with van der Waals surface area (Å²) in [6.07, 6.45) is 3.46. The van der Waals surface area contributed by atoms with E-state index in [0.717, 1.165) is 36.2 Å². The lowest BCUT2D eigenvalue weighted by atomic mass is 10.0. The molecule has 2 aromatic rings. The summed E-state index contributed by atoms with van der Waals surface area (Å²) in [6.45, 7) is 0.545. The number of phenolic OH excluding ortho intramolecular Hbond substituents is 1. The molecule has 142 valence electrons. The number of benzene rings is 2. The van der Waals surface area contributed by atoms with Crippen molar-refractivity contribution < 1.29 is 14.7 Å². The maximum Gasteiger partial charge on any atom is 0.258 e.